The SMILES string of the molecule is CCOc1ccc2c(c1)CC(NCCCCO)C(=O)N2c1cccc(CN2C(=O)[C@]3(O[C@H](CC(=O)N4Cc5ccccc5C[C@H]4CO)[C@@H]([Si](C)(C)F)[C@@H]3C)c3cc(N4C(=O)C(NCCCCO)Cc5cc(OCC)ccc54)ccc32)c1. The van der Waals surface area contributed by atoms with Crippen LogP contribution in [-0.4, -0.2) is 123 Å². The number of anilines is 5. The summed E-state index contributed by atoms with van der Waals surface area (Å²) in [5.74, 6) is -0.539. The first-order valence-corrected chi connectivity index (χ1v) is 31.9. The van der Waals surface area contributed by atoms with Gasteiger partial charge in [-0.05, 0) is 180 Å². The van der Waals surface area contributed by atoms with Crippen molar-refractivity contribution in [3.05, 3.63) is 137 Å². The Balaban J connectivity index is 1.06. The van der Waals surface area contributed by atoms with Crippen LogP contribution in [0.25, 0.3) is 0 Å². The molecule has 5 aliphatic heterocycles. The van der Waals surface area contributed by atoms with Gasteiger partial charge in [0.05, 0.1) is 74.1 Å². The number of aliphatic hydroxyl groups is 3. The maximum atomic E-state index is 17.5. The highest BCUT2D eigenvalue weighted by Crippen LogP contribution is 2.61. The molecule has 5 heterocycles. The Morgan fingerprint density at radius 2 is 1.28 bits per heavy atom. The molecule has 1 saturated heterocycles. The van der Waals surface area contributed by atoms with Crippen molar-refractivity contribution in [1.82, 2.24) is 15.5 Å². The molecule has 0 radical (unpaired) electrons. The summed E-state index contributed by atoms with van der Waals surface area (Å²) in [5, 5.41) is 36.5. The van der Waals surface area contributed by atoms with Crippen molar-refractivity contribution >= 4 is 60.5 Å². The number of nitrogens with zero attached hydrogens (tertiary/aromatic N) is 4. The number of unbranched alkanes of at least 4 members (excludes halogenated alkanes) is 2. The normalized spacial score (nSPS) is 23.2. The summed E-state index contributed by atoms with van der Waals surface area (Å²) in [6, 6.07) is 30.5. The molecule has 5 aliphatic rings. The largest absolute Gasteiger partial charge is 0.494 e. The van der Waals surface area contributed by atoms with Gasteiger partial charge in [0.1, 0.15) is 11.5 Å². The summed E-state index contributed by atoms with van der Waals surface area (Å²) in [7, 11) is -3.80. The molecule has 1 spiro atoms. The summed E-state index contributed by atoms with van der Waals surface area (Å²) in [6.07, 6.45) is 2.58. The molecule has 2 unspecified atom stereocenters. The highest BCUT2D eigenvalue weighted by Gasteiger charge is 2.67. The quantitative estimate of drug-likeness (QED) is 0.0255. The molecule has 0 saturated carbocycles. The van der Waals surface area contributed by atoms with Crippen LogP contribution in [-0.2, 0) is 61.9 Å². The molecule has 1 fully saturated rings. The van der Waals surface area contributed by atoms with Crippen LogP contribution in [0.15, 0.2) is 103 Å². The van der Waals surface area contributed by atoms with Crippen molar-refractivity contribution in [2.75, 3.05) is 60.8 Å². The van der Waals surface area contributed by atoms with Gasteiger partial charge in [0.15, 0.2) is 5.60 Å². The molecule has 4 amide bonds. The van der Waals surface area contributed by atoms with E-state index in [4.69, 9.17) is 14.2 Å². The Kier molecular flexibility index (Phi) is 17.5. The van der Waals surface area contributed by atoms with Gasteiger partial charge in [-0.2, -0.15) is 0 Å². The molecule has 5 N–H and O–H groups in total. The second kappa shape index (κ2) is 24.5. The molecular formula is C63H77FN6O10Si. The molecule has 10 rings (SSSR count). The third-order valence-electron chi connectivity index (χ3n) is 17.0. The van der Waals surface area contributed by atoms with Crippen LogP contribution in [0.5, 0.6) is 11.5 Å². The molecule has 7 atom stereocenters. The van der Waals surface area contributed by atoms with Crippen LogP contribution >= 0.6 is 0 Å². The van der Waals surface area contributed by atoms with Crippen molar-refractivity contribution in [1.29, 1.82) is 0 Å². The van der Waals surface area contributed by atoms with E-state index < -0.39 is 55.6 Å². The lowest BCUT2D eigenvalue weighted by Crippen LogP contribution is -2.49. The minimum absolute atomic E-state index is 0.0272. The Morgan fingerprint density at radius 1 is 0.704 bits per heavy atom. The van der Waals surface area contributed by atoms with Crippen molar-refractivity contribution in [3.63, 3.8) is 0 Å². The van der Waals surface area contributed by atoms with E-state index in [0.29, 0.717) is 122 Å². The van der Waals surface area contributed by atoms with Gasteiger partial charge in [-0.3, -0.25) is 29.0 Å². The number of ether oxygens (including phenoxy) is 3. The molecule has 5 aromatic rings. The smallest absolute Gasteiger partial charge is 0.264 e. The number of hydrogen-bond acceptors (Lipinski definition) is 12. The maximum absolute atomic E-state index is 17.5. The van der Waals surface area contributed by atoms with Crippen molar-refractivity contribution in [3.8, 4) is 11.5 Å². The van der Waals surface area contributed by atoms with E-state index in [9.17, 15) is 29.7 Å². The third kappa shape index (κ3) is 11.3. The zero-order chi connectivity index (χ0) is 57.2. The van der Waals surface area contributed by atoms with Crippen LogP contribution in [0.2, 0.25) is 18.6 Å². The van der Waals surface area contributed by atoms with Crippen molar-refractivity contribution in [2.24, 2.45) is 5.92 Å². The van der Waals surface area contributed by atoms with E-state index in [1.807, 2.05) is 124 Å². The minimum atomic E-state index is -3.80. The first-order valence-electron chi connectivity index (χ1n) is 28.9. The molecule has 0 aromatic heterocycles. The Hall–Kier alpha value is -6.51. The average molecular weight is 1130 g/mol. The number of rotatable bonds is 22. The van der Waals surface area contributed by atoms with Gasteiger partial charge in [0.25, 0.3) is 5.91 Å². The number of nitrogens with one attached hydrogen (secondary N) is 2. The summed E-state index contributed by atoms with van der Waals surface area (Å²) >= 11 is 0. The molecule has 81 heavy (non-hydrogen) atoms. The third-order valence-corrected chi connectivity index (χ3v) is 19.5. The van der Waals surface area contributed by atoms with Gasteiger partial charge in [-0.15, -0.1) is 0 Å². The van der Waals surface area contributed by atoms with Gasteiger partial charge < -0.3 is 54.1 Å². The van der Waals surface area contributed by atoms with Gasteiger partial charge in [-0.1, -0.05) is 43.3 Å². The maximum Gasteiger partial charge on any atom is 0.264 e. The number of benzene rings is 5. The predicted octanol–water partition coefficient (Wildman–Crippen LogP) is 8.04. The Bertz CT molecular complexity index is 3140. The lowest BCUT2D eigenvalue weighted by molar-refractivity contribution is -0.151. The fraction of sp³-hybridized carbons (Fsp3) is 0.460. The number of aliphatic hydroxyl groups excluding tert-OH is 3. The van der Waals surface area contributed by atoms with E-state index in [0.717, 1.165) is 22.3 Å². The van der Waals surface area contributed by atoms with Crippen molar-refractivity contribution < 1.29 is 52.8 Å². The second-order valence-electron chi connectivity index (χ2n) is 22.6. The number of carbonyl (C=O) groups is 4. The predicted molar refractivity (Wildman–Crippen MR) is 311 cm³/mol. The summed E-state index contributed by atoms with van der Waals surface area (Å²) in [6.45, 7) is 11.0. The lowest BCUT2D eigenvalue weighted by Gasteiger charge is -2.37. The van der Waals surface area contributed by atoms with E-state index >= 15 is 8.90 Å². The molecule has 0 aliphatic carbocycles. The second-order valence-corrected chi connectivity index (χ2v) is 26.4. The monoisotopic (exact) mass is 1120 g/mol. The number of amides is 4. The van der Waals surface area contributed by atoms with Crippen LogP contribution in [0.4, 0.5) is 32.5 Å². The highest BCUT2D eigenvalue weighted by molar-refractivity contribution is 6.72. The number of halogens is 1. The zero-order valence-electron chi connectivity index (χ0n) is 47.2. The average Bonchev–Trinajstić information content (AvgIpc) is 3.97. The highest BCUT2D eigenvalue weighted by atomic mass is 28.4. The van der Waals surface area contributed by atoms with Crippen LogP contribution in [0, 0.1) is 5.92 Å². The van der Waals surface area contributed by atoms with Gasteiger partial charge >= 0.3 is 0 Å². The van der Waals surface area contributed by atoms with E-state index in [1.54, 1.807) is 32.7 Å². The fourth-order valence-electron chi connectivity index (χ4n) is 13.3. The number of fused-ring (bicyclic) bond motifs is 5. The minimum Gasteiger partial charge on any atom is -0.494 e. The standard InChI is InChI=1S/C63H77FN6O10Si/c1-6-78-49-20-23-54-44(31-49)33-52(65-25-10-12-27-71)60(75)69(54)46-18-14-15-41(29-46)37-68-56-22-19-47(70-55-24-21-50(79-7-2)32-45(55)34-53(61(70)76)66-26-11-13-28-72)35-51(56)63(62(68)77)40(3)59(81(4,5)64)57(80-63)36-58(74)67-38-43-17-9-8-16-42(43)30-48(67)39-73/h8-9,14-24,29,31-32,35,40,48,52-53,57,59,65-66,71-73H,6-7,10-13,25-28,30,33-34,36-39H2,1-5H3/t40-,48-,52?,53?,57+,59-,63+/m0/s1. The lowest BCUT2D eigenvalue weighted by atomic mass is 9.82. The molecule has 18 heteroatoms. The molecule has 5 aromatic carbocycles. The van der Waals surface area contributed by atoms with Gasteiger partial charge in [-0.25, -0.2) is 0 Å². The van der Waals surface area contributed by atoms with Gasteiger partial charge in [0.2, 0.25) is 26.1 Å². The fourth-order valence-corrected chi connectivity index (χ4v) is 15.8. The summed E-state index contributed by atoms with van der Waals surface area (Å²) in [4.78, 5) is 67.2. The van der Waals surface area contributed by atoms with Crippen LogP contribution < -0.4 is 34.8 Å². The molecule has 16 nitrogen and oxygen atoms in total. The number of carbonyl (C=O) groups excluding carboxylic acids is 4. The first kappa shape index (κ1) is 57.7. The van der Waals surface area contributed by atoms with E-state index in [-0.39, 0.29) is 57.1 Å². The first-order chi connectivity index (χ1) is 39.1. The van der Waals surface area contributed by atoms with Crippen LogP contribution in [0.1, 0.15) is 86.3 Å². The topological polar surface area (TPSA) is 194 Å². The molecule has 430 valence electrons. The molecule has 0 bridgehead atoms. The van der Waals surface area contributed by atoms with Crippen LogP contribution in [0.3, 0.4) is 0 Å². The van der Waals surface area contributed by atoms with E-state index in [2.05, 4.69) is 10.6 Å². The summed E-state index contributed by atoms with van der Waals surface area (Å²) < 4.78 is 36.5. The number of hydrogen-bond donors (Lipinski definition) is 5. The Morgan fingerprint density at radius 3 is 1.85 bits per heavy atom. The zero-order valence-corrected chi connectivity index (χ0v) is 48.2. The summed E-state index contributed by atoms with van der Waals surface area (Å²) in [5.41, 5.74) is 5.24. The van der Waals surface area contributed by atoms with Gasteiger partial charge in [0, 0.05) is 48.2 Å². The van der Waals surface area contributed by atoms with E-state index in [1.165, 1.54) is 0 Å². The molecular weight excluding hydrogens is 1050 g/mol. The van der Waals surface area contributed by atoms with Crippen molar-refractivity contribution in [2.45, 2.75) is 134 Å². The Labute approximate surface area is 475 Å².